The van der Waals surface area contributed by atoms with Crippen molar-refractivity contribution in [3.8, 4) is 0 Å². The second-order valence-corrected chi connectivity index (χ2v) is 7.98. The average molecular weight is 394 g/mol. The number of nitrogens with one attached hydrogen (secondary N) is 2. The fourth-order valence-electron chi connectivity index (χ4n) is 3.28. The summed E-state index contributed by atoms with van der Waals surface area (Å²) in [5, 5.41) is 5.95. The third-order valence-corrected chi connectivity index (χ3v) is 5.18. The molecule has 0 saturated heterocycles. The van der Waals surface area contributed by atoms with Gasteiger partial charge in [-0.2, -0.15) is 0 Å². The van der Waals surface area contributed by atoms with Crippen LogP contribution < -0.4 is 15.5 Å². The molecule has 0 atom stereocenters. The Kier molecular flexibility index (Phi) is 6.91. The minimum atomic E-state index is -0.170. The molecule has 2 N–H and O–H groups in total. The SMILES string of the molecule is CCCCCc1ccc(C(=O)Nc2ccc(N(C)C)c(C(=O)NC3CC3)c2)cc1. The Labute approximate surface area is 173 Å². The number of hydrogen-bond acceptors (Lipinski definition) is 3. The van der Waals surface area contributed by atoms with E-state index >= 15 is 0 Å². The summed E-state index contributed by atoms with van der Waals surface area (Å²) in [5.41, 5.74) is 3.89. The van der Waals surface area contributed by atoms with Gasteiger partial charge in [0.1, 0.15) is 0 Å². The van der Waals surface area contributed by atoms with E-state index in [-0.39, 0.29) is 17.9 Å². The summed E-state index contributed by atoms with van der Waals surface area (Å²) in [6.45, 7) is 2.19. The fourth-order valence-corrected chi connectivity index (χ4v) is 3.28. The lowest BCUT2D eigenvalue weighted by Crippen LogP contribution is -2.27. The number of amides is 2. The lowest BCUT2D eigenvalue weighted by atomic mass is 10.0. The highest BCUT2D eigenvalue weighted by molar-refractivity contribution is 6.06. The molecule has 29 heavy (non-hydrogen) atoms. The normalized spacial score (nSPS) is 13.1. The standard InChI is InChI=1S/C24H31N3O2/c1-4-5-6-7-17-8-10-18(11-9-17)23(28)26-20-14-15-22(27(2)3)21(16-20)24(29)25-19-12-13-19/h8-11,14-16,19H,4-7,12-13H2,1-3H3,(H,25,29)(H,26,28). The number of carbonyl (C=O) groups excluding carboxylic acids is 2. The molecule has 154 valence electrons. The van der Waals surface area contributed by atoms with E-state index in [9.17, 15) is 9.59 Å². The Morgan fingerprint density at radius 2 is 1.72 bits per heavy atom. The summed E-state index contributed by atoms with van der Waals surface area (Å²) in [7, 11) is 3.81. The van der Waals surface area contributed by atoms with Crippen molar-refractivity contribution in [3.63, 3.8) is 0 Å². The first-order chi connectivity index (χ1) is 14.0. The van der Waals surface area contributed by atoms with Crippen LogP contribution in [0.2, 0.25) is 0 Å². The highest BCUT2D eigenvalue weighted by Crippen LogP contribution is 2.26. The molecule has 1 saturated carbocycles. The molecule has 0 heterocycles. The maximum Gasteiger partial charge on any atom is 0.255 e. The molecule has 5 nitrogen and oxygen atoms in total. The molecular formula is C24H31N3O2. The van der Waals surface area contributed by atoms with E-state index in [1.165, 1.54) is 24.8 Å². The number of carbonyl (C=O) groups is 2. The smallest absolute Gasteiger partial charge is 0.255 e. The largest absolute Gasteiger partial charge is 0.377 e. The minimum Gasteiger partial charge on any atom is -0.377 e. The number of aryl methyl sites for hydroxylation is 1. The molecule has 0 aliphatic heterocycles. The van der Waals surface area contributed by atoms with Gasteiger partial charge in [0.05, 0.1) is 5.56 Å². The third kappa shape index (κ3) is 5.83. The van der Waals surface area contributed by atoms with Crippen LogP contribution in [0.3, 0.4) is 0 Å². The molecule has 1 aliphatic rings. The maximum absolute atomic E-state index is 12.7. The number of rotatable bonds is 9. The molecule has 0 spiro atoms. The van der Waals surface area contributed by atoms with Crippen molar-refractivity contribution in [1.29, 1.82) is 0 Å². The van der Waals surface area contributed by atoms with Gasteiger partial charge in [0, 0.05) is 37.1 Å². The zero-order valence-electron chi connectivity index (χ0n) is 17.6. The van der Waals surface area contributed by atoms with Crippen LogP contribution in [-0.4, -0.2) is 32.0 Å². The van der Waals surface area contributed by atoms with E-state index in [2.05, 4.69) is 17.6 Å². The Morgan fingerprint density at radius 3 is 2.34 bits per heavy atom. The first-order valence-electron chi connectivity index (χ1n) is 10.5. The number of nitrogens with zero attached hydrogens (tertiary/aromatic N) is 1. The van der Waals surface area contributed by atoms with Crippen molar-refractivity contribution in [2.24, 2.45) is 0 Å². The van der Waals surface area contributed by atoms with Gasteiger partial charge in [0.2, 0.25) is 0 Å². The van der Waals surface area contributed by atoms with Crippen LogP contribution in [-0.2, 0) is 6.42 Å². The second kappa shape index (κ2) is 9.59. The quantitative estimate of drug-likeness (QED) is 0.611. The Bertz CT molecular complexity index is 855. The summed E-state index contributed by atoms with van der Waals surface area (Å²) in [4.78, 5) is 27.2. The predicted molar refractivity (Wildman–Crippen MR) is 119 cm³/mol. The number of benzene rings is 2. The summed E-state index contributed by atoms with van der Waals surface area (Å²) < 4.78 is 0. The molecule has 0 aromatic heterocycles. The van der Waals surface area contributed by atoms with Gasteiger partial charge in [-0.25, -0.2) is 0 Å². The summed E-state index contributed by atoms with van der Waals surface area (Å²) >= 11 is 0. The highest BCUT2D eigenvalue weighted by atomic mass is 16.2. The monoisotopic (exact) mass is 393 g/mol. The van der Waals surface area contributed by atoms with Gasteiger partial charge in [-0.3, -0.25) is 9.59 Å². The Morgan fingerprint density at radius 1 is 1.00 bits per heavy atom. The number of unbranched alkanes of at least 4 members (excludes halogenated alkanes) is 2. The minimum absolute atomic E-state index is 0.0938. The Hall–Kier alpha value is -2.82. The number of hydrogen-bond donors (Lipinski definition) is 2. The maximum atomic E-state index is 12.7. The van der Waals surface area contributed by atoms with Crippen LogP contribution >= 0.6 is 0 Å². The molecule has 0 unspecified atom stereocenters. The van der Waals surface area contributed by atoms with Crippen molar-refractivity contribution in [1.82, 2.24) is 5.32 Å². The van der Waals surface area contributed by atoms with Gasteiger partial charge in [-0.1, -0.05) is 31.9 Å². The van der Waals surface area contributed by atoms with Gasteiger partial charge in [-0.15, -0.1) is 0 Å². The van der Waals surface area contributed by atoms with Crippen molar-refractivity contribution in [2.45, 2.75) is 51.5 Å². The average Bonchev–Trinajstić information content (AvgIpc) is 3.52. The van der Waals surface area contributed by atoms with Gasteiger partial charge < -0.3 is 15.5 Å². The molecule has 0 radical (unpaired) electrons. The molecule has 3 rings (SSSR count). The molecule has 2 aromatic carbocycles. The van der Waals surface area contributed by atoms with E-state index in [1.807, 2.05) is 55.4 Å². The van der Waals surface area contributed by atoms with E-state index in [1.54, 1.807) is 6.07 Å². The van der Waals surface area contributed by atoms with Crippen LogP contribution in [0, 0.1) is 0 Å². The van der Waals surface area contributed by atoms with Crippen molar-refractivity contribution < 1.29 is 9.59 Å². The molecular weight excluding hydrogens is 362 g/mol. The van der Waals surface area contributed by atoms with Gasteiger partial charge in [-0.05, 0) is 61.6 Å². The molecule has 2 aromatic rings. The van der Waals surface area contributed by atoms with Gasteiger partial charge in [0.15, 0.2) is 0 Å². The Balaban J connectivity index is 1.70. The predicted octanol–water partition coefficient (Wildman–Crippen LogP) is 4.63. The lowest BCUT2D eigenvalue weighted by molar-refractivity contribution is 0.0950. The first kappa shape index (κ1) is 20.9. The van der Waals surface area contributed by atoms with E-state index in [4.69, 9.17) is 0 Å². The summed E-state index contributed by atoms with van der Waals surface area (Å²) in [6.07, 6.45) is 6.71. The van der Waals surface area contributed by atoms with Crippen LogP contribution in [0.1, 0.15) is 65.3 Å². The van der Waals surface area contributed by atoms with E-state index < -0.39 is 0 Å². The van der Waals surface area contributed by atoms with Crippen LogP contribution in [0.15, 0.2) is 42.5 Å². The molecule has 5 heteroatoms. The van der Waals surface area contributed by atoms with Gasteiger partial charge in [0.25, 0.3) is 11.8 Å². The highest BCUT2D eigenvalue weighted by Gasteiger charge is 2.25. The topological polar surface area (TPSA) is 61.4 Å². The third-order valence-electron chi connectivity index (χ3n) is 5.18. The summed E-state index contributed by atoms with van der Waals surface area (Å²) in [6, 6.07) is 13.5. The van der Waals surface area contributed by atoms with Crippen molar-refractivity contribution in [2.75, 3.05) is 24.3 Å². The van der Waals surface area contributed by atoms with E-state index in [0.717, 1.165) is 24.9 Å². The van der Waals surface area contributed by atoms with E-state index in [0.29, 0.717) is 16.8 Å². The molecule has 1 fully saturated rings. The van der Waals surface area contributed by atoms with Crippen LogP contribution in [0.5, 0.6) is 0 Å². The van der Waals surface area contributed by atoms with Crippen molar-refractivity contribution >= 4 is 23.2 Å². The number of anilines is 2. The zero-order valence-corrected chi connectivity index (χ0v) is 17.6. The molecule has 2 amide bonds. The van der Waals surface area contributed by atoms with Gasteiger partial charge >= 0.3 is 0 Å². The molecule has 0 bridgehead atoms. The molecule has 1 aliphatic carbocycles. The van der Waals surface area contributed by atoms with Crippen LogP contribution in [0.4, 0.5) is 11.4 Å². The van der Waals surface area contributed by atoms with Crippen LogP contribution in [0.25, 0.3) is 0 Å². The second-order valence-electron chi connectivity index (χ2n) is 7.98. The van der Waals surface area contributed by atoms with Crippen molar-refractivity contribution in [3.05, 3.63) is 59.2 Å². The zero-order chi connectivity index (χ0) is 20.8. The fraction of sp³-hybridized carbons (Fsp3) is 0.417. The first-order valence-corrected chi connectivity index (χ1v) is 10.5. The lowest BCUT2D eigenvalue weighted by Gasteiger charge is -2.18. The summed E-state index contributed by atoms with van der Waals surface area (Å²) in [5.74, 6) is -0.264.